The molecule has 0 aliphatic carbocycles. The Morgan fingerprint density at radius 1 is 1.04 bits per heavy atom. The van der Waals surface area contributed by atoms with Gasteiger partial charge in [0.15, 0.2) is 17.5 Å². The number of nitrogens with one attached hydrogen (secondary N) is 2. The largest absolute Gasteiger partial charge is 0.493 e. The van der Waals surface area contributed by atoms with Gasteiger partial charge in [0.1, 0.15) is 0 Å². The molecule has 0 saturated carbocycles. The number of benzene rings is 1. The lowest BCUT2D eigenvalue weighted by atomic mass is 10.1. The van der Waals surface area contributed by atoms with Crippen molar-refractivity contribution in [2.45, 2.75) is 33.2 Å². The molecule has 0 spiro atoms. The van der Waals surface area contributed by atoms with Gasteiger partial charge in [-0.15, -0.1) is 0 Å². The zero-order valence-corrected chi connectivity index (χ0v) is 15.9. The van der Waals surface area contributed by atoms with Gasteiger partial charge >= 0.3 is 0 Å². The first-order chi connectivity index (χ1) is 11.5. The number of nitrogens with zero attached hydrogens (tertiary/aromatic N) is 1. The van der Waals surface area contributed by atoms with Gasteiger partial charge in [0.2, 0.25) is 5.75 Å². The van der Waals surface area contributed by atoms with Crippen LogP contribution in [0.5, 0.6) is 17.2 Å². The second-order valence-corrected chi connectivity index (χ2v) is 5.92. The SMILES string of the molecule is CN=C(NCCc1ccc(OC)c(OC)c1OC)NC(C)C(C)C. The first-order valence-corrected chi connectivity index (χ1v) is 8.23. The van der Waals surface area contributed by atoms with Gasteiger partial charge in [0.25, 0.3) is 0 Å². The summed E-state index contributed by atoms with van der Waals surface area (Å²) in [5, 5.41) is 6.72. The molecule has 6 heteroatoms. The number of hydrogen-bond acceptors (Lipinski definition) is 4. The fraction of sp³-hybridized carbons (Fsp3) is 0.611. The van der Waals surface area contributed by atoms with E-state index >= 15 is 0 Å². The summed E-state index contributed by atoms with van der Waals surface area (Å²) in [5.74, 6) is 3.32. The fourth-order valence-corrected chi connectivity index (χ4v) is 2.25. The van der Waals surface area contributed by atoms with Crippen molar-refractivity contribution in [2.75, 3.05) is 34.9 Å². The van der Waals surface area contributed by atoms with Gasteiger partial charge in [0.05, 0.1) is 21.3 Å². The molecule has 1 unspecified atom stereocenters. The van der Waals surface area contributed by atoms with E-state index in [1.165, 1.54) is 0 Å². The van der Waals surface area contributed by atoms with Crippen LogP contribution in [0.2, 0.25) is 0 Å². The lowest BCUT2D eigenvalue weighted by Crippen LogP contribution is -2.44. The predicted octanol–water partition coefficient (Wildman–Crippen LogP) is 2.46. The average molecular weight is 337 g/mol. The highest BCUT2D eigenvalue weighted by molar-refractivity contribution is 5.79. The van der Waals surface area contributed by atoms with Crippen LogP contribution in [0.1, 0.15) is 26.3 Å². The van der Waals surface area contributed by atoms with Crippen LogP contribution < -0.4 is 24.8 Å². The molecule has 0 bridgehead atoms. The molecule has 0 amide bonds. The van der Waals surface area contributed by atoms with Crippen LogP contribution in [-0.2, 0) is 6.42 Å². The van der Waals surface area contributed by atoms with E-state index in [9.17, 15) is 0 Å². The molecule has 0 aromatic heterocycles. The quantitative estimate of drug-likeness (QED) is 0.563. The third-order valence-electron chi connectivity index (χ3n) is 4.06. The summed E-state index contributed by atoms with van der Waals surface area (Å²) in [5.41, 5.74) is 1.05. The molecule has 1 aromatic carbocycles. The van der Waals surface area contributed by atoms with Gasteiger partial charge in [0, 0.05) is 25.2 Å². The molecule has 1 atom stereocenters. The minimum absolute atomic E-state index is 0.354. The molecule has 1 aromatic rings. The smallest absolute Gasteiger partial charge is 0.203 e. The molecule has 6 nitrogen and oxygen atoms in total. The third-order valence-corrected chi connectivity index (χ3v) is 4.06. The maximum atomic E-state index is 5.51. The van der Waals surface area contributed by atoms with Crippen molar-refractivity contribution in [3.63, 3.8) is 0 Å². The lowest BCUT2D eigenvalue weighted by Gasteiger charge is -2.21. The average Bonchev–Trinajstić information content (AvgIpc) is 2.59. The van der Waals surface area contributed by atoms with Crippen LogP contribution in [0.15, 0.2) is 17.1 Å². The highest BCUT2D eigenvalue weighted by atomic mass is 16.5. The van der Waals surface area contributed by atoms with Crippen LogP contribution in [-0.4, -0.2) is 46.9 Å². The molecule has 0 radical (unpaired) electrons. The van der Waals surface area contributed by atoms with Gasteiger partial charge in [-0.1, -0.05) is 19.9 Å². The van der Waals surface area contributed by atoms with Crippen molar-refractivity contribution in [1.29, 1.82) is 0 Å². The highest BCUT2D eigenvalue weighted by Crippen LogP contribution is 2.39. The molecule has 0 fully saturated rings. The fourth-order valence-electron chi connectivity index (χ4n) is 2.25. The van der Waals surface area contributed by atoms with E-state index in [1.807, 2.05) is 12.1 Å². The van der Waals surface area contributed by atoms with Crippen LogP contribution in [0.3, 0.4) is 0 Å². The first kappa shape index (κ1) is 19.9. The van der Waals surface area contributed by atoms with Crippen LogP contribution in [0.25, 0.3) is 0 Å². The third kappa shape index (κ3) is 5.22. The van der Waals surface area contributed by atoms with E-state index in [1.54, 1.807) is 28.4 Å². The van der Waals surface area contributed by atoms with Gasteiger partial charge in [-0.3, -0.25) is 4.99 Å². The van der Waals surface area contributed by atoms with Gasteiger partial charge in [-0.25, -0.2) is 0 Å². The minimum Gasteiger partial charge on any atom is -0.493 e. The van der Waals surface area contributed by atoms with Crippen LogP contribution in [0, 0.1) is 5.92 Å². The van der Waals surface area contributed by atoms with Crippen molar-refractivity contribution in [1.82, 2.24) is 10.6 Å². The summed E-state index contributed by atoms with van der Waals surface area (Å²) in [4.78, 5) is 4.26. The van der Waals surface area contributed by atoms with Gasteiger partial charge in [-0.05, 0) is 25.3 Å². The topological polar surface area (TPSA) is 64.1 Å². The molecule has 0 aliphatic rings. The van der Waals surface area contributed by atoms with E-state index < -0.39 is 0 Å². The highest BCUT2D eigenvalue weighted by Gasteiger charge is 2.15. The van der Waals surface area contributed by atoms with Crippen molar-refractivity contribution in [2.24, 2.45) is 10.9 Å². The predicted molar refractivity (Wildman–Crippen MR) is 98.6 cm³/mol. The Balaban J connectivity index is 2.74. The summed E-state index contributed by atoms with van der Waals surface area (Å²) in [6.45, 7) is 7.24. The Labute approximate surface area is 145 Å². The zero-order valence-electron chi connectivity index (χ0n) is 15.9. The van der Waals surface area contributed by atoms with Gasteiger partial charge in [-0.2, -0.15) is 0 Å². The normalized spacial score (nSPS) is 12.8. The molecule has 0 heterocycles. The van der Waals surface area contributed by atoms with E-state index in [4.69, 9.17) is 14.2 Å². The maximum Gasteiger partial charge on any atom is 0.203 e. The Kier molecular flexibility index (Phi) is 8.22. The first-order valence-electron chi connectivity index (χ1n) is 8.23. The van der Waals surface area contributed by atoms with E-state index in [-0.39, 0.29) is 0 Å². The molecular formula is C18H31N3O3. The minimum atomic E-state index is 0.354. The summed E-state index contributed by atoms with van der Waals surface area (Å²) in [6.07, 6.45) is 0.778. The second-order valence-electron chi connectivity index (χ2n) is 5.92. The van der Waals surface area contributed by atoms with Crippen molar-refractivity contribution in [3.8, 4) is 17.2 Å². The number of guanidine groups is 1. The van der Waals surface area contributed by atoms with E-state index in [2.05, 4.69) is 36.4 Å². The Morgan fingerprint density at radius 3 is 2.21 bits per heavy atom. The summed E-state index contributed by atoms with van der Waals surface area (Å²) in [7, 11) is 6.64. The second kappa shape index (κ2) is 9.90. The van der Waals surface area contributed by atoms with E-state index in [0.717, 1.165) is 24.5 Å². The molecule has 0 aliphatic heterocycles. The van der Waals surface area contributed by atoms with Crippen LogP contribution >= 0.6 is 0 Å². The monoisotopic (exact) mass is 337 g/mol. The molecule has 0 saturated heterocycles. The summed E-state index contributed by atoms with van der Waals surface area (Å²) < 4.78 is 16.2. The Morgan fingerprint density at radius 2 is 1.71 bits per heavy atom. The zero-order chi connectivity index (χ0) is 18.1. The number of methoxy groups -OCH3 is 3. The Bertz CT molecular complexity index is 545. The standard InChI is InChI=1S/C18H31N3O3/c1-12(2)13(3)21-18(19-4)20-11-10-14-8-9-15(22-5)17(24-7)16(14)23-6/h8-9,12-13H,10-11H2,1-7H3,(H2,19,20,21). The molecule has 2 N–H and O–H groups in total. The molecule has 24 heavy (non-hydrogen) atoms. The molecule has 1 rings (SSSR count). The lowest BCUT2D eigenvalue weighted by molar-refractivity contribution is 0.322. The van der Waals surface area contributed by atoms with E-state index in [0.29, 0.717) is 29.2 Å². The molecular weight excluding hydrogens is 306 g/mol. The number of rotatable bonds is 8. The molecule has 136 valence electrons. The van der Waals surface area contributed by atoms with Crippen LogP contribution in [0.4, 0.5) is 0 Å². The number of ether oxygens (including phenoxy) is 3. The number of hydrogen-bond donors (Lipinski definition) is 2. The van der Waals surface area contributed by atoms with Crippen molar-refractivity contribution >= 4 is 5.96 Å². The Hall–Kier alpha value is -2.11. The maximum absolute atomic E-state index is 5.51. The van der Waals surface area contributed by atoms with Crippen molar-refractivity contribution < 1.29 is 14.2 Å². The van der Waals surface area contributed by atoms with Gasteiger partial charge < -0.3 is 24.8 Å². The number of aliphatic imine (C=N–C) groups is 1. The van der Waals surface area contributed by atoms with Crippen molar-refractivity contribution in [3.05, 3.63) is 17.7 Å². The summed E-state index contributed by atoms with van der Waals surface area (Å²) in [6, 6.07) is 4.24. The summed E-state index contributed by atoms with van der Waals surface area (Å²) >= 11 is 0.